The zero-order valence-corrected chi connectivity index (χ0v) is 31.9. The monoisotopic (exact) mass is 720 g/mol. The van der Waals surface area contributed by atoms with E-state index in [4.69, 9.17) is 0 Å². The van der Waals surface area contributed by atoms with Gasteiger partial charge in [0.25, 0.3) is 0 Å². The van der Waals surface area contributed by atoms with E-state index in [1.807, 2.05) is 11.8 Å². The quantitative estimate of drug-likeness (QED) is 0.104. The molecule has 7 atom stereocenters. The molecule has 0 aromatic rings. The molecule has 3 saturated heterocycles. The molecule has 0 spiro atoms. The number of urea groups is 2. The van der Waals surface area contributed by atoms with Crippen molar-refractivity contribution < 1.29 is 28.8 Å². The van der Waals surface area contributed by atoms with Crippen LogP contribution in [0.15, 0.2) is 0 Å². The first-order valence-corrected chi connectivity index (χ1v) is 19.2. The Balaban J connectivity index is 1.42. The molecule has 3 aliphatic heterocycles. The van der Waals surface area contributed by atoms with Gasteiger partial charge in [0.15, 0.2) is 0 Å². The Morgan fingerprint density at radius 3 is 2.27 bits per heavy atom. The van der Waals surface area contributed by atoms with Crippen LogP contribution in [0.5, 0.6) is 0 Å². The van der Waals surface area contributed by atoms with Crippen molar-refractivity contribution >= 4 is 36.1 Å². The van der Waals surface area contributed by atoms with Gasteiger partial charge in [0.2, 0.25) is 17.7 Å². The van der Waals surface area contributed by atoms with E-state index in [0.717, 1.165) is 57.8 Å². The minimum atomic E-state index is -0.805. The number of amides is 7. The molecule has 0 bridgehead atoms. The second-order valence-corrected chi connectivity index (χ2v) is 14.7. The molecule has 3 unspecified atom stereocenters. The third-order valence-electron chi connectivity index (χ3n) is 11.0. The number of aldehydes is 1. The van der Waals surface area contributed by atoms with Gasteiger partial charge in [-0.3, -0.25) is 14.4 Å². The molecule has 0 radical (unpaired) electrons. The fraction of sp³-hybridized carbons (Fsp3) is 0.833. The number of hydrogen-bond acceptors (Lipinski definition) is 8. The summed E-state index contributed by atoms with van der Waals surface area (Å²) >= 11 is 0. The lowest BCUT2D eigenvalue weighted by molar-refractivity contribution is -0.140. The third-order valence-corrected chi connectivity index (χ3v) is 11.0. The number of rotatable bonds is 18. The number of carbonyl (C=O) groups is 6. The highest BCUT2D eigenvalue weighted by atomic mass is 16.2. The van der Waals surface area contributed by atoms with Gasteiger partial charge in [0, 0.05) is 63.3 Å². The molecule has 7 amide bonds. The Labute approximate surface area is 304 Å². The van der Waals surface area contributed by atoms with Gasteiger partial charge in [-0.15, -0.1) is 0 Å². The molecular formula is C36H65N9O6. The van der Waals surface area contributed by atoms with Crippen LogP contribution in [0.25, 0.3) is 0 Å². The number of nitrogens with zero attached hydrogens (tertiary/aromatic N) is 4. The van der Waals surface area contributed by atoms with Crippen LogP contribution in [0.3, 0.4) is 0 Å². The van der Waals surface area contributed by atoms with Crippen molar-refractivity contribution in [2.24, 2.45) is 0 Å². The highest BCUT2D eigenvalue weighted by Crippen LogP contribution is 2.29. The normalized spacial score (nSPS) is 24.9. The lowest BCUT2D eigenvalue weighted by atomic mass is 10.1. The predicted octanol–water partition coefficient (Wildman–Crippen LogP) is 1.41. The Bertz CT molecular complexity index is 1170. The van der Waals surface area contributed by atoms with Crippen molar-refractivity contribution in [3.05, 3.63) is 0 Å². The molecule has 3 aliphatic rings. The van der Waals surface area contributed by atoms with Gasteiger partial charge >= 0.3 is 12.1 Å². The molecule has 3 heterocycles. The first-order valence-electron chi connectivity index (χ1n) is 19.2. The van der Waals surface area contributed by atoms with Gasteiger partial charge < -0.3 is 51.0 Å². The summed E-state index contributed by atoms with van der Waals surface area (Å²) in [6.07, 6.45) is 9.69. The smallest absolute Gasteiger partial charge is 0.317 e. The third kappa shape index (κ3) is 12.6. The van der Waals surface area contributed by atoms with E-state index >= 15 is 0 Å². The minimum absolute atomic E-state index is 0.0583. The lowest BCUT2D eigenvalue weighted by Crippen LogP contribution is -2.61. The molecule has 0 aliphatic carbocycles. The Hall–Kier alpha value is -3.46. The van der Waals surface area contributed by atoms with Gasteiger partial charge in [-0.05, 0) is 86.2 Å². The van der Waals surface area contributed by atoms with Crippen LogP contribution in [-0.4, -0.2) is 151 Å². The Morgan fingerprint density at radius 2 is 1.65 bits per heavy atom. The number of nitrogens with one attached hydrogen (secondary N) is 5. The molecule has 3 rings (SSSR count). The molecule has 5 N–H and O–H groups in total. The standard InChI is InChI=1S/C36H65N9O6/c1-7-32(47)40-28(24-46)22-43(20-16-29-14-12-25(2)42(29)6)35(50)38-18-10-8-9-11-19-39-36(51)44-21-17-30-15-13-26(3)45(30)34(49)31(23-44)41-33(48)27(4)37-5/h24-31,37H,7-23H2,1-6H3,(H,38,50)(H,39,51)(H,40,47)(H,41,48)/t25-,26?,27?,28-,29-,30+,31?/m0/s1. The summed E-state index contributed by atoms with van der Waals surface area (Å²) < 4.78 is 0. The second kappa shape index (κ2) is 21.2. The van der Waals surface area contributed by atoms with Crippen LogP contribution in [0.1, 0.15) is 98.3 Å². The molecule has 15 heteroatoms. The highest BCUT2D eigenvalue weighted by Gasteiger charge is 2.41. The number of likely N-dealkylation sites (tertiary alicyclic amines) is 1. The molecule has 0 aromatic carbocycles. The molecule has 0 saturated carbocycles. The van der Waals surface area contributed by atoms with Crippen molar-refractivity contribution in [3.8, 4) is 0 Å². The van der Waals surface area contributed by atoms with Crippen molar-refractivity contribution in [2.75, 3.05) is 53.4 Å². The highest BCUT2D eigenvalue weighted by molar-refractivity contribution is 5.91. The molecular weight excluding hydrogens is 654 g/mol. The number of carbonyl (C=O) groups excluding carboxylic acids is 6. The molecule has 3 fully saturated rings. The van der Waals surface area contributed by atoms with E-state index in [9.17, 15) is 28.8 Å². The van der Waals surface area contributed by atoms with Gasteiger partial charge in [-0.25, -0.2) is 9.59 Å². The van der Waals surface area contributed by atoms with Crippen LogP contribution >= 0.6 is 0 Å². The van der Waals surface area contributed by atoms with E-state index in [-0.39, 0.29) is 61.4 Å². The molecule has 51 heavy (non-hydrogen) atoms. The summed E-state index contributed by atoms with van der Waals surface area (Å²) in [5, 5.41) is 14.5. The van der Waals surface area contributed by atoms with Crippen molar-refractivity contribution in [2.45, 2.75) is 141 Å². The van der Waals surface area contributed by atoms with E-state index in [0.29, 0.717) is 51.0 Å². The fourth-order valence-corrected chi connectivity index (χ4v) is 7.36. The summed E-state index contributed by atoms with van der Waals surface area (Å²) in [6, 6.07) is -1.47. The van der Waals surface area contributed by atoms with Crippen molar-refractivity contribution in [3.63, 3.8) is 0 Å². The number of hydrogen-bond donors (Lipinski definition) is 5. The Kier molecular flexibility index (Phi) is 17.4. The van der Waals surface area contributed by atoms with Gasteiger partial charge in [-0.2, -0.15) is 0 Å². The van der Waals surface area contributed by atoms with Crippen LogP contribution < -0.4 is 26.6 Å². The van der Waals surface area contributed by atoms with Crippen LogP contribution in [0, 0.1) is 0 Å². The summed E-state index contributed by atoms with van der Waals surface area (Å²) in [5.41, 5.74) is 0. The average molecular weight is 720 g/mol. The largest absolute Gasteiger partial charge is 0.345 e. The first kappa shape index (κ1) is 42.0. The average Bonchev–Trinajstić information content (AvgIpc) is 3.65. The molecule has 15 nitrogen and oxygen atoms in total. The summed E-state index contributed by atoms with van der Waals surface area (Å²) in [4.78, 5) is 83.9. The van der Waals surface area contributed by atoms with E-state index in [2.05, 4.69) is 45.5 Å². The van der Waals surface area contributed by atoms with Gasteiger partial charge in [-0.1, -0.05) is 19.8 Å². The van der Waals surface area contributed by atoms with E-state index < -0.39 is 18.1 Å². The minimum Gasteiger partial charge on any atom is -0.345 e. The maximum Gasteiger partial charge on any atom is 0.317 e. The first-order chi connectivity index (χ1) is 24.4. The summed E-state index contributed by atoms with van der Waals surface area (Å²) in [6.45, 7) is 9.90. The number of likely N-dealkylation sites (N-methyl/N-ethyl adjacent to an activating group) is 1. The number of fused-ring (bicyclic) bond motifs is 1. The van der Waals surface area contributed by atoms with Crippen molar-refractivity contribution in [1.29, 1.82) is 0 Å². The maximum atomic E-state index is 13.6. The summed E-state index contributed by atoms with van der Waals surface area (Å²) in [5.74, 6) is -0.633. The Morgan fingerprint density at radius 1 is 0.961 bits per heavy atom. The second-order valence-electron chi connectivity index (χ2n) is 14.7. The molecule has 0 aromatic heterocycles. The predicted molar refractivity (Wildman–Crippen MR) is 196 cm³/mol. The topological polar surface area (TPSA) is 176 Å². The van der Waals surface area contributed by atoms with Crippen LogP contribution in [-0.2, 0) is 19.2 Å². The van der Waals surface area contributed by atoms with E-state index in [1.54, 1.807) is 30.7 Å². The SMILES string of the molecule is CCC(=O)N[C@H](C=O)CN(CC[C@@H]1CC[C@H](C)N1C)C(=O)NCCCCCCNC(=O)N1CC[C@H]2CCC(C)N2C(=O)C(NC(=O)C(C)NC)C1. The summed E-state index contributed by atoms with van der Waals surface area (Å²) in [7, 11) is 3.80. The fourth-order valence-electron chi connectivity index (χ4n) is 7.36. The zero-order chi connectivity index (χ0) is 37.5. The van der Waals surface area contributed by atoms with E-state index in [1.165, 1.54) is 0 Å². The lowest BCUT2D eigenvalue weighted by Gasteiger charge is -2.38. The maximum absolute atomic E-state index is 13.6. The van der Waals surface area contributed by atoms with Gasteiger partial charge in [0.05, 0.1) is 12.6 Å². The molecule has 290 valence electrons. The van der Waals surface area contributed by atoms with Crippen LogP contribution in [0.2, 0.25) is 0 Å². The van der Waals surface area contributed by atoms with Gasteiger partial charge in [0.1, 0.15) is 18.4 Å². The van der Waals surface area contributed by atoms with Crippen LogP contribution in [0.4, 0.5) is 9.59 Å². The number of unbranched alkanes of at least 4 members (excludes halogenated alkanes) is 3. The zero-order valence-electron chi connectivity index (χ0n) is 31.9. The van der Waals surface area contributed by atoms with Crippen molar-refractivity contribution in [1.82, 2.24) is 46.2 Å².